The van der Waals surface area contributed by atoms with E-state index in [1.165, 1.54) is 16.7 Å². The number of thioether (sulfide) groups is 1. The highest BCUT2D eigenvalue weighted by Crippen LogP contribution is 2.14. The van der Waals surface area contributed by atoms with E-state index >= 15 is 0 Å². The van der Waals surface area contributed by atoms with Crippen molar-refractivity contribution in [3.05, 3.63) is 0 Å². The highest BCUT2D eigenvalue weighted by atomic mass is 32.2. The van der Waals surface area contributed by atoms with Gasteiger partial charge < -0.3 is 14.8 Å². The molecule has 1 rings (SSSR count). The molecule has 0 unspecified atom stereocenters. The fourth-order valence-electron chi connectivity index (χ4n) is 0.752. The maximum Gasteiger partial charge on any atom is 0.156 e. The van der Waals surface area contributed by atoms with Crippen molar-refractivity contribution in [1.29, 1.82) is 5.41 Å². The first-order valence-electron chi connectivity index (χ1n) is 2.86. The van der Waals surface area contributed by atoms with E-state index in [0.29, 0.717) is 11.7 Å². The van der Waals surface area contributed by atoms with Gasteiger partial charge in [0.15, 0.2) is 5.17 Å². The predicted octanol–water partition coefficient (Wildman–Crippen LogP) is -1.28. The van der Waals surface area contributed by atoms with E-state index in [2.05, 4.69) is 0 Å². The molecule has 0 spiro atoms. The summed E-state index contributed by atoms with van der Waals surface area (Å²) >= 11 is 1.37. The van der Waals surface area contributed by atoms with Crippen LogP contribution in [0.4, 0.5) is 0 Å². The van der Waals surface area contributed by atoms with Crippen molar-refractivity contribution >= 4 is 22.9 Å². The molecule has 56 valence electrons. The summed E-state index contributed by atoms with van der Waals surface area (Å²) in [6.07, 6.45) is 0. The number of nitrogens with one attached hydrogen (secondary N) is 1. The number of amidine groups is 1. The molecule has 0 atom stereocenters. The summed E-state index contributed by atoms with van der Waals surface area (Å²) in [6.45, 7) is 0.503. The van der Waals surface area contributed by atoms with Gasteiger partial charge in [0.05, 0.1) is 12.5 Å². The molecular formula is C5H7N2O2S-. The summed E-state index contributed by atoms with van der Waals surface area (Å²) in [5.74, 6) is -0.307. The van der Waals surface area contributed by atoms with Crippen molar-refractivity contribution in [3.8, 4) is 0 Å². The van der Waals surface area contributed by atoms with Crippen molar-refractivity contribution in [2.75, 3.05) is 18.8 Å². The lowest BCUT2D eigenvalue weighted by Crippen LogP contribution is -2.38. The van der Waals surface area contributed by atoms with Crippen LogP contribution in [0.2, 0.25) is 0 Å². The molecule has 1 saturated heterocycles. The number of carboxylic acid groups (broad SMARTS) is 1. The molecule has 1 fully saturated rings. The number of carbonyl (C=O) groups excluding carboxylic acids is 1. The molecule has 0 aromatic heterocycles. The van der Waals surface area contributed by atoms with E-state index in [9.17, 15) is 9.90 Å². The van der Waals surface area contributed by atoms with Gasteiger partial charge in [0, 0.05) is 12.3 Å². The second-order valence-corrected chi connectivity index (χ2v) is 3.03. The van der Waals surface area contributed by atoms with Gasteiger partial charge in [0.25, 0.3) is 0 Å². The van der Waals surface area contributed by atoms with Gasteiger partial charge in [-0.15, -0.1) is 0 Å². The molecule has 1 aliphatic rings. The summed E-state index contributed by atoms with van der Waals surface area (Å²) in [6, 6.07) is 0. The van der Waals surface area contributed by atoms with Gasteiger partial charge in [-0.2, -0.15) is 0 Å². The van der Waals surface area contributed by atoms with E-state index in [1.807, 2.05) is 0 Å². The Morgan fingerprint density at radius 1 is 1.90 bits per heavy atom. The zero-order valence-electron chi connectivity index (χ0n) is 5.29. The summed E-state index contributed by atoms with van der Waals surface area (Å²) < 4.78 is 0. The molecule has 0 radical (unpaired) electrons. The van der Waals surface area contributed by atoms with Crippen LogP contribution in [0, 0.1) is 5.41 Å². The topological polar surface area (TPSA) is 67.2 Å². The van der Waals surface area contributed by atoms with E-state index in [-0.39, 0.29) is 6.54 Å². The minimum absolute atomic E-state index is 0.147. The molecule has 0 aliphatic carbocycles. The van der Waals surface area contributed by atoms with Crippen molar-refractivity contribution < 1.29 is 9.90 Å². The number of carboxylic acids is 1. The van der Waals surface area contributed by atoms with Crippen LogP contribution in [0.15, 0.2) is 0 Å². The number of hydrogen-bond donors (Lipinski definition) is 1. The molecule has 0 aromatic rings. The Labute approximate surface area is 62.7 Å². The Morgan fingerprint density at radius 2 is 2.60 bits per heavy atom. The van der Waals surface area contributed by atoms with E-state index < -0.39 is 5.97 Å². The third kappa shape index (κ3) is 1.63. The number of rotatable bonds is 2. The Bertz CT molecular complexity index is 171. The van der Waals surface area contributed by atoms with Gasteiger partial charge >= 0.3 is 0 Å². The first kappa shape index (κ1) is 7.40. The monoisotopic (exact) mass is 159 g/mol. The van der Waals surface area contributed by atoms with Gasteiger partial charge in [0.1, 0.15) is 0 Å². The first-order valence-corrected chi connectivity index (χ1v) is 3.85. The smallest absolute Gasteiger partial charge is 0.156 e. The molecule has 0 aromatic carbocycles. The normalized spacial score (nSPS) is 18.0. The lowest BCUT2D eigenvalue weighted by molar-refractivity contribution is -0.305. The number of aliphatic carboxylic acids is 1. The summed E-state index contributed by atoms with van der Waals surface area (Å²) in [7, 11) is 0. The second kappa shape index (κ2) is 2.92. The van der Waals surface area contributed by atoms with Crippen LogP contribution in [-0.4, -0.2) is 34.9 Å². The van der Waals surface area contributed by atoms with Crippen LogP contribution in [0.1, 0.15) is 0 Å². The van der Waals surface area contributed by atoms with Crippen molar-refractivity contribution in [3.63, 3.8) is 0 Å². The molecule has 1 aliphatic heterocycles. The van der Waals surface area contributed by atoms with E-state index in [4.69, 9.17) is 5.41 Å². The molecule has 10 heavy (non-hydrogen) atoms. The molecule has 0 bridgehead atoms. The highest BCUT2D eigenvalue weighted by Gasteiger charge is 2.16. The molecule has 0 amide bonds. The Balaban J connectivity index is 2.40. The van der Waals surface area contributed by atoms with Gasteiger partial charge in [0.2, 0.25) is 0 Å². The average molecular weight is 159 g/mol. The van der Waals surface area contributed by atoms with Crippen molar-refractivity contribution in [1.82, 2.24) is 4.90 Å². The lowest BCUT2D eigenvalue weighted by Gasteiger charge is -2.16. The van der Waals surface area contributed by atoms with Crippen LogP contribution >= 0.6 is 11.8 Å². The molecule has 1 N–H and O–H groups in total. The van der Waals surface area contributed by atoms with Crippen LogP contribution in [0.25, 0.3) is 0 Å². The average Bonchev–Trinajstić information content (AvgIpc) is 2.15. The predicted molar refractivity (Wildman–Crippen MR) is 36.8 cm³/mol. The maximum atomic E-state index is 10.0. The third-order valence-corrected chi connectivity index (χ3v) is 2.13. The van der Waals surface area contributed by atoms with Gasteiger partial charge in [-0.3, -0.25) is 5.41 Å². The molecule has 0 saturated carbocycles. The largest absolute Gasteiger partial charge is 0.548 e. The maximum absolute atomic E-state index is 10.0. The number of nitrogens with zero attached hydrogens (tertiary/aromatic N) is 1. The standard InChI is InChI=1S/C5H8N2O2S/c6-5-7(1-2-10-5)3-4(8)9/h6H,1-3H2,(H,8,9)/p-1. The molecule has 1 heterocycles. The zero-order valence-corrected chi connectivity index (χ0v) is 6.11. The summed E-state index contributed by atoms with van der Waals surface area (Å²) in [5.41, 5.74) is 0. The molecular weight excluding hydrogens is 152 g/mol. The van der Waals surface area contributed by atoms with Gasteiger partial charge in [-0.05, 0) is 0 Å². The highest BCUT2D eigenvalue weighted by molar-refractivity contribution is 8.14. The SMILES string of the molecule is N=C1SCCN1CC(=O)[O-]. The van der Waals surface area contributed by atoms with Crippen molar-refractivity contribution in [2.24, 2.45) is 0 Å². The number of carbonyl (C=O) groups is 1. The molecule has 5 heteroatoms. The van der Waals surface area contributed by atoms with Crippen molar-refractivity contribution in [2.45, 2.75) is 0 Å². The summed E-state index contributed by atoms with van der Waals surface area (Å²) in [5, 5.41) is 17.6. The van der Waals surface area contributed by atoms with Crippen LogP contribution in [-0.2, 0) is 4.79 Å². The fourth-order valence-corrected chi connectivity index (χ4v) is 1.60. The molecule has 4 nitrogen and oxygen atoms in total. The Morgan fingerprint density at radius 3 is 3.00 bits per heavy atom. The number of hydrogen-bond acceptors (Lipinski definition) is 4. The van der Waals surface area contributed by atoms with Crippen LogP contribution in [0.5, 0.6) is 0 Å². The van der Waals surface area contributed by atoms with Gasteiger partial charge in [-0.1, -0.05) is 11.8 Å². The minimum atomic E-state index is -1.12. The minimum Gasteiger partial charge on any atom is -0.548 e. The van der Waals surface area contributed by atoms with Crippen LogP contribution < -0.4 is 5.11 Å². The fraction of sp³-hybridized carbons (Fsp3) is 0.600. The Kier molecular flexibility index (Phi) is 2.16. The zero-order chi connectivity index (χ0) is 7.56. The van der Waals surface area contributed by atoms with Crippen LogP contribution in [0.3, 0.4) is 0 Å². The van der Waals surface area contributed by atoms with Gasteiger partial charge in [-0.25, -0.2) is 0 Å². The third-order valence-electron chi connectivity index (χ3n) is 1.21. The first-order chi connectivity index (χ1) is 4.70. The van der Waals surface area contributed by atoms with E-state index in [1.54, 1.807) is 0 Å². The van der Waals surface area contributed by atoms with E-state index in [0.717, 1.165) is 5.75 Å². The Hall–Kier alpha value is -0.710. The second-order valence-electron chi connectivity index (χ2n) is 1.95. The lowest BCUT2D eigenvalue weighted by atomic mass is 10.5. The quantitative estimate of drug-likeness (QED) is 0.545. The summed E-state index contributed by atoms with van der Waals surface area (Å²) in [4.78, 5) is 11.5.